The smallest absolute Gasteiger partial charge is 0.305 e. The van der Waals surface area contributed by atoms with Crippen LogP contribution in [-0.4, -0.2) is 33.0 Å². The van der Waals surface area contributed by atoms with Gasteiger partial charge in [-0.25, -0.2) is 9.97 Å². The Morgan fingerprint density at radius 3 is 2.38 bits per heavy atom. The molecule has 0 aliphatic carbocycles. The third-order valence-corrected chi connectivity index (χ3v) is 4.46. The van der Waals surface area contributed by atoms with Crippen LogP contribution in [0.25, 0.3) is 11.1 Å². The molecule has 0 radical (unpaired) electrons. The fourth-order valence-electron chi connectivity index (χ4n) is 3.00. The average Bonchev–Trinajstić information content (AvgIpc) is 2.68. The number of aromatic nitrogens is 2. The van der Waals surface area contributed by atoms with E-state index in [1.165, 1.54) is 12.4 Å². The van der Waals surface area contributed by atoms with E-state index in [9.17, 15) is 14.7 Å². The number of benzene rings is 2. The largest absolute Gasteiger partial charge is 0.481 e. The number of amides is 1. The molecule has 0 bridgehead atoms. The van der Waals surface area contributed by atoms with E-state index in [4.69, 9.17) is 5.73 Å². The average molecular weight is 390 g/mol. The van der Waals surface area contributed by atoms with Crippen LogP contribution in [0.4, 0.5) is 5.69 Å². The molecule has 0 saturated carbocycles. The second kappa shape index (κ2) is 8.97. The van der Waals surface area contributed by atoms with Crippen molar-refractivity contribution in [3.05, 3.63) is 77.9 Å². The summed E-state index contributed by atoms with van der Waals surface area (Å²) in [7, 11) is 0. The molecule has 1 aromatic heterocycles. The van der Waals surface area contributed by atoms with E-state index in [2.05, 4.69) is 15.3 Å². The summed E-state index contributed by atoms with van der Waals surface area (Å²) in [5, 5.41) is 12.0. The van der Waals surface area contributed by atoms with Gasteiger partial charge in [-0.3, -0.25) is 9.59 Å². The summed E-state index contributed by atoms with van der Waals surface area (Å²) in [4.78, 5) is 31.7. The van der Waals surface area contributed by atoms with Gasteiger partial charge in [-0.2, -0.15) is 0 Å². The second-order valence-electron chi connectivity index (χ2n) is 6.81. The first-order chi connectivity index (χ1) is 13.9. The Hall–Kier alpha value is -3.74. The third-order valence-electron chi connectivity index (χ3n) is 4.46. The van der Waals surface area contributed by atoms with E-state index in [0.717, 1.165) is 16.7 Å². The zero-order valence-electron chi connectivity index (χ0n) is 16.0. The molecular weight excluding hydrogens is 368 g/mol. The number of nitrogens with zero attached hydrogens (tertiary/aromatic N) is 2. The van der Waals surface area contributed by atoms with Crippen molar-refractivity contribution in [2.75, 3.05) is 5.73 Å². The van der Waals surface area contributed by atoms with E-state index in [-0.39, 0.29) is 6.42 Å². The summed E-state index contributed by atoms with van der Waals surface area (Å²) in [5.74, 6) is -0.816. The molecule has 0 saturated heterocycles. The number of carbonyl (C=O) groups excluding carboxylic acids is 1. The lowest BCUT2D eigenvalue weighted by Gasteiger charge is -2.17. The fraction of sp³-hybridized carbons (Fsp3) is 0.182. The first-order valence-electron chi connectivity index (χ1n) is 9.17. The summed E-state index contributed by atoms with van der Waals surface area (Å²) in [6.45, 7) is 1.72. The standard InChI is InChI=1S/C22H22N4O3/c1-14-24-12-18(13-25-14)22(29)26-20(11-21(27)28)9-15-5-7-16(8-6-15)17-3-2-4-19(23)10-17/h2-8,10,12-13,20H,9,11,23H2,1H3,(H,26,29)(H,27,28)/t20-/m1/s1. The molecule has 0 aliphatic heterocycles. The van der Waals surface area contributed by atoms with Crippen molar-refractivity contribution >= 4 is 17.6 Å². The molecule has 0 aliphatic rings. The van der Waals surface area contributed by atoms with Crippen LogP contribution >= 0.6 is 0 Å². The first kappa shape index (κ1) is 20.0. The van der Waals surface area contributed by atoms with E-state index in [1.807, 2.05) is 48.5 Å². The molecule has 1 heterocycles. The lowest BCUT2D eigenvalue weighted by atomic mass is 9.99. The van der Waals surface area contributed by atoms with E-state index >= 15 is 0 Å². The van der Waals surface area contributed by atoms with Crippen molar-refractivity contribution in [2.45, 2.75) is 25.8 Å². The van der Waals surface area contributed by atoms with Crippen LogP contribution in [0.15, 0.2) is 60.9 Å². The molecule has 3 rings (SSSR count). The van der Waals surface area contributed by atoms with Gasteiger partial charge in [0.15, 0.2) is 0 Å². The van der Waals surface area contributed by atoms with Crippen LogP contribution < -0.4 is 11.1 Å². The molecule has 1 atom stereocenters. The van der Waals surface area contributed by atoms with E-state index in [0.29, 0.717) is 23.5 Å². The maximum absolute atomic E-state index is 12.4. The summed E-state index contributed by atoms with van der Waals surface area (Å²) in [5.41, 5.74) is 9.76. The number of carboxylic acid groups (broad SMARTS) is 1. The third kappa shape index (κ3) is 5.62. The Morgan fingerprint density at radius 1 is 1.07 bits per heavy atom. The fourth-order valence-corrected chi connectivity index (χ4v) is 3.00. The van der Waals surface area contributed by atoms with Gasteiger partial charge in [0.25, 0.3) is 5.91 Å². The minimum absolute atomic E-state index is 0.185. The lowest BCUT2D eigenvalue weighted by Crippen LogP contribution is -2.38. The Balaban J connectivity index is 1.71. The van der Waals surface area contributed by atoms with Crippen molar-refractivity contribution in [2.24, 2.45) is 0 Å². The molecule has 0 spiro atoms. The molecule has 0 fully saturated rings. The number of carbonyl (C=O) groups is 2. The van der Waals surface area contributed by atoms with Crippen LogP contribution in [0.2, 0.25) is 0 Å². The quantitative estimate of drug-likeness (QED) is 0.534. The number of aryl methyl sites for hydroxylation is 1. The second-order valence-corrected chi connectivity index (χ2v) is 6.81. The van der Waals surface area contributed by atoms with Crippen molar-refractivity contribution in [3.63, 3.8) is 0 Å². The molecule has 1 amide bonds. The summed E-state index contributed by atoms with van der Waals surface area (Å²) in [6.07, 6.45) is 3.06. The van der Waals surface area contributed by atoms with Crippen molar-refractivity contribution in [3.8, 4) is 11.1 Å². The molecular formula is C22H22N4O3. The number of nitrogen functional groups attached to an aromatic ring is 1. The lowest BCUT2D eigenvalue weighted by molar-refractivity contribution is -0.137. The predicted molar refractivity (Wildman–Crippen MR) is 110 cm³/mol. The van der Waals surface area contributed by atoms with Gasteiger partial charge in [-0.1, -0.05) is 36.4 Å². The SMILES string of the molecule is Cc1ncc(C(=O)N[C@@H](CC(=O)O)Cc2ccc(-c3cccc(N)c3)cc2)cn1. The van der Waals surface area contributed by atoms with E-state index < -0.39 is 17.9 Å². The number of hydrogen-bond donors (Lipinski definition) is 3. The number of aliphatic carboxylic acids is 1. The van der Waals surface area contributed by atoms with Crippen molar-refractivity contribution < 1.29 is 14.7 Å². The number of nitrogens with one attached hydrogen (secondary N) is 1. The summed E-state index contributed by atoms with van der Waals surface area (Å²) in [6, 6.07) is 14.8. The molecule has 2 aromatic carbocycles. The normalized spacial score (nSPS) is 11.6. The number of carboxylic acids is 1. The maximum atomic E-state index is 12.4. The highest BCUT2D eigenvalue weighted by molar-refractivity contribution is 5.94. The topological polar surface area (TPSA) is 118 Å². The molecule has 7 nitrogen and oxygen atoms in total. The van der Waals surface area contributed by atoms with Gasteiger partial charge < -0.3 is 16.2 Å². The van der Waals surface area contributed by atoms with Gasteiger partial charge >= 0.3 is 5.97 Å². The van der Waals surface area contributed by atoms with Crippen LogP contribution in [0.3, 0.4) is 0 Å². The van der Waals surface area contributed by atoms with Gasteiger partial charge in [0.05, 0.1) is 12.0 Å². The molecule has 0 unspecified atom stereocenters. The Morgan fingerprint density at radius 2 is 1.76 bits per heavy atom. The highest BCUT2D eigenvalue weighted by Gasteiger charge is 2.18. The Labute approximate surface area is 168 Å². The number of rotatable bonds is 7. The molecule has 7 heteroatoms. The maximum Gasteiger partial charge on any atom is 0.305 e. The van der Waals surface area contributed by atoms with Crippen LogP contribution in [0.5, 0.6) is 0 Å². The van der Waals surface area contributed by atoms with E-state index in [1.54, 1.807) is 6.92 Å². The molecule has 3 aromatic rings. The van der Waals surface area contributed by atoms with Gasteiger partial charge in [0, 0.05) is 24.1 Å². The molecule has 29 heavy (non-hydrogen) atoms. The Bertz CT molecular complexity index is 1000. The van der Waals surface area contributed by atoms with Gasteiger partial charge in [0.1, 0.15) is 5.82 Å². The van der Waals surface area contributed by atoms with Gasteiger partial charge in [-0.15, -0.1) is 0 Å². The number of nitrogens with two attached hydrogens (primary N) is 1. The minimum Gasteiger partial charge on any atom is -0.481 e. The zero-order chi connectivity index (χ0) is 20.8. The van der Waals surface area contributed by atoms with Crippen LogP contribution in [-0.2, 0) is 11.2 Å². The van der Waals surface area contributed by atoms with Crippen LogP contribution in [0, 0.1) is 6.92 Å². The van der Waals surface area contributed by atoms with Gasteiger partial charge in [-0.05, 0) is 42.2 Å². The Kier molecular flexibility index (Phi) is 6.19. The highest BCUT2D eigenvalue weighted by atomic mass is 16.4. The zero-order valence-corrected chi connectivity index (χ0v) is 16.0. The number of anilines is 1. The van der Waals surface area contributed by atoms with Crippen molar-refractivity contribution in [1.82, 2.24) is 15.3 Å². The minimum atomic E-state index is -0.980. The molecule has 4 N–H and O–H groups in total. The number of hydrogen-bond acceptors (Lipinski definition) is 5. The monoisotopic (exact) mass is 390 g/mol. The first-order valence-corrected chi connectivity index (χ1v) is 9.17. The van der Waals surface area contributed by atoms with Gasteiger partial charge in [0.2, 0.25) is 0 Å². The summed E-state index contributed by atoms with van der Waals surface area (Å²) < 4.78 is 0. The van der Waals surface area contributed by atoms with Crippen LogP contribution in [0.1, 0.15) is 28.2 Å². The predicted octanol–water partition coefficient (Wildman–Crippen LogP) is 2.85. The van der Waals surface area contributed by atoms with Crippen molar-refractivity contribution in [1.29, 1.82) is 0 Å². The summed E-state index contributed by atoms with van der Waals surface area (Å²) >= 11 is 0. The molecule has 148 valence electrons. The highest BCUT2D eigenvalue weighted by Crippen LogP contribution is 2.22.